The van der Waals surface area contributed by atoms with Gasteiger partial charge in [-0.2, -0.15) is 15.1 Å². The number of rotatable bonds is 5. The molecule has 6 N–H and O–H groups in total. The van der Waals surface area contributed by atoms with Crippen LogP contribution in [0, 0.1) is 17.8 Å². The van der Waals surface area contributed by atoms with E-state index in [0.717, 1.165) is 23.0 Å². The second-order valence-electron chi connectivity index (χ2n) is 7.84. The van der Waals surface area contributed by atoms with Gasteiger partial charge in [0, 0.05) is 17.1 Å². The van der Waals surface area contributed by atoms with Gasteiger partial charge < -0.3 is 21.4 Å². The molecule has 4 aromatic rings. The van der Waals surface area contributed by atoms with E-state index >= 15 is 0 Å². The normalized spacial score (nSPS) is 24.7. The Morgan fingerprint density at radius 1 is 1.20 bits per heavy atom. The molecule has 0 radical (unpaired) electrons. The summed E-state index contributed by atoms with van der Waals surface area (Å²) < 4.78 is 0. The van der Waals surface area contributed by atoms with Gasteiger partial charge in [-0.15, -0.1) is 0 Å². The van der Waals surface area contributed by atoms with Crippen molar-refractivity contribution in [2.75, 3.05) is 10.6 Å². The quantitative estimate of drug-likeness (QED) is 0.321. The molecule has 2 aliphatic rings. The minimum Gasteiger partial charge on any atom is -0.369 e. The number of hydrogen-bond donors (Lipinski definition) is 5. The Labute approximate surface area is 170 Å². The molecule has 3 heterocycles. The Morgan fingerprint density at radius 3 is 3.00 bits per heavy atom. The monoisotopic (exact) mass is 401 g/mol. The zero-order valence-corrected chi connectivity index (χ0v) is 15.8. The van der Waals surface area contributed by atoms with Gasteiger partial charge in [0.2, 0.25) is 11.9 Å². The van der Waals surface area contributed by atoms with Gasteiger partial charge in [-0.3, -0.25) is 9.89 Å². The molecule has 4 unspecified atom stereocenters. The number of nitrogens with two attached hydrogens (primary N) is 1. The van der Waals surface area contributed by atoms with Crippen LogP contribution in [0.2, 0.25) is 0 Å². The molecule has 1 amide bonds. The number of nitrogens with one attached hydrogen (secondary N) is 4. The molecule has 150 valence electrons. The van der Waals surface area contributed by atoms with Crippen LogP contribution in [0.25, 0.3) is 22.1 Å². The van der Waals surface area contributed by atoms with Crippen molar-refractivity contribution in [2.24, 2.45) is 23.5 Å². The van der Waals surface area contributed by atoms with E-state index in [9.17, 15) is 4.79 Å². The molecule has 3 aromatic heterocycles. The molecule has 30 heavy (non-hydrogen) atoms. The third-order valence-electron chi connectivity index (χ3n) is 6.07. The maximum atomic E-state index is 12.1. The molecule has 0 saturated heterocycles. The van der Waals surface area contributed by atoms with Crippen LogP contribution in [-0.2, 0) is 4.79 Å². The van der Waals surface area contributed by atoms with E-state index in [2.05, 4.69) is 52.9 Å². The number of fused-ring (bicyclic) bond motifs is 4. The summed E-state index contributed by atoms with van der Waals surface area (Å²) in [4.78, 5) is 28.7. The van der Waals surface area contributed by atoms with Crippen molar-refractivity contribution in [3.63, 3.8) is 0 Å². The SMILES string of the molecule is NC(=O)C1C2C=CC(C2)C1Nc1nc(Nc2ccc3cn[nH]c3c2)nc2[nH]cnc12. The highest BCUT2D eigenvalue weighted by atomic mass is 16.1. The third-order valence-corrected chi connectivity index (χ3v) is 6.07. The van der Waals surface area contributed by atoms with Crippen molar-refractivity contribution in [1.82, 2.24) is 30.1 Å². The Bertz CT molecular complexity index is 1310. The van der Waals surface area contributed by atoms with Crippen molar-refractivity contribution in [2.45, 2.75) is 12.5 Å². The number of amides is 1. The minimum absolute atomic E-state index is 0.110. The minimum atomic E-state index is -0.289. The van der Waals surface area contributed by atoms with Crippen LogP contribution >= 0.6 is 0 Å². The number of imidazole rings is 1. The summed E-state index contributed by atoms with van der Waals surface area (Å²) in [5.41, 5.74) is 8.67. The van der Waals surface area contributed by atoms with Gasteiger partial charge in [0.25, 0.3) is 0 Å². The summed E-state index contributed by atoms with van der Waals surface area (Å²) in [6.45, 7) is 0. The van der Waals surface area contributed by atoms with Crippen molar-refractivity contribution < 1.29 is 4.79 Å². The lowest BCUT2D eigenvalue weighted by Gasteiger charge is -2.27. The number of nitrogens with zero attached hydrogens (tertiary/aromatic N) is 4. The van der Waals surface area contributed by atoms with Crippen LogP contribution in [0.15, 0.2) is 42.9 Å². The fourth-order valence-electron chi connectivity index (χ4n) is 4.70. The number of H-pyrrole nitrogens is 2. The van der Waals surface area contributed by atoms with Crippen LogP contribution in [0.5, 0.6) is 0 Å². The van der Waals surface area contributed by atoms with Gasteiger partial charge in [0.05, 0.1) is 24.0 Å². The Hall–Kier alpha value is -3.95. The van der Waals surface area contributed by atoms with Crippen LogP contribution in [-0.4, -0.2) is 42.1 Å². The Morgan fingerprint density at radius 2 is 2.10 bits per heavy atom. The molecule has 0 aliphatic heterocycles. The number of allylic oxidation sites excluding steroid dienone is 1. The van der Waals surface area contributed by atoms with Crippen LogP contribution < -0.4 is 16.4 Å². The lowest BCUT2D eigenvalue weighted by molar-refractivity contribution is -0.122. The van der Waals surface area contributed by atoms with E-state index < -0.39 is 0 Å². The molecule has 0 spiro atoms. The summed E-state index contributed by atoms with van der Waals surface area (Å²) in [6, 6.07) is 5.74. The molecule has 2 bridgehead atoms. The summed E-state index contributed by atoms with van der Waals surface area (Å²) in [5, 5.41) is 14.7. The highest BCUT2D eigenvalue weighted by Gasteiger charge is 2.47. The van der Waals surface area contributed by atoms with E-state index in [4.69, 9.17) is 5.73 Å². The van der Waals surface area contributed by atoms with Crippen LogP contribution in [0.1, 0.15) is 6.42 Å². The highest BCUT2D eigenvalue weighted by molar-refractivity contribution is 5.86. The molecule has 10 heteroatoms. The third kappa shape index (κ3) is 2.60. The largest absolute Gasteiger partial charge is 0.369 e. The van der Waals surface area contributed by atoms with E-state index in [1.807, 2.05) is 18.2 Å². The predicted molar refractivity (Wildman–Crippen MR) is 112 cm³/mol. The lowest BCUT2D eigenvalue weighted by Crippen LogP contribution is -2.41. The first-order valence-electron chi connectivity index (χ1n) is 9.81. The van der Waals surface area contributed by atoms with E-state index in [-0.39, 0.29) is 29.7 Å². The smallest absolute Gasteiger partial charge is 0.231 e. The highest BCUT2D eigenvalue weighted by Crippen LogP contribution is 2.45. The van der Waals surface area contributed by atoms with Crippen molar-refractivity contribution in [3.05, 3.63) is 42.9 Å². The number of anilines is 3. The van der Waals surface area contributed by atoms with Crippen molar-refractivity contribution in [1.29, 1.82) is 0 Å². The molecule has 1 aromatic carbocycles. The fourth-order valence-corrected chi connectivity index (χ4v) is 4.70. The summed E-state index contributed by atoms with van der Waals surface area (Å²) >= 11 is 0. The first kappa shape index (κ1) is 17.0. The van der Waals surface area contributed by atoms with E-state index in [0.29, 0.717) is 22.9 Å². The van der Waals surface area contributed by atoms with Gasteiger partial charge in [0.1, 0.15) is 5.52 Å². The lowest BCUT2D eigenvalue weighted by atomic mass is 9.88. The van der Waals surface area contributed by atoms with Gasteiger partial charge >= 0.3 is 0 Å². The average Bonchev–Trinajstić information content (AvgIpc) is 3.50. The number of aromatic nitrogens is 6. The molecular formula is C20H19N9O. The average molecular weight is 401 g/mol. The van der Waals surface area contributed by atoms with Gasteiger partial charge in [0.15, 0.2) is 11.5 Å². The number of carbonyl (C=O) groups is 1. The number of benzene rings is 1. The number of aromatic amines is 2. The van der Waals surface area contributed by atoms with Crippen molar-refractivity contribution >= 4 is 45.4 Å². The second kappa shape index (κ2) is 6.28. The predicted octanol–water partition coefficient (Wildman–Crippen LogP) is 2.06. The zero-order valence-electron chi connectivity index (χ0n) is 15.8. The Kier molecular flexibility index (Phi) is 3.55. The molecule has 2 aliphatic carbocycles. The maximum Gasteiger partial charge on any atom is 0.231 e. The summed E-state index contributed by atoms with van der Waals surface area (Å²) in [5.74, 6) is 0.868. The van der Waals surface area contributed by atoms with E-state index in [1.165, 1.54) is 0 Å². The number of hydrogen-bond acceptors (Lipinski definition) is 7. The van der Waals surface area contributed by atoms with Crippen molar-refractivity contribution in [3.8, 4) is 0 Å². The first-order chi connectivity index (χ1) is 14.7. The molecule has 1 fully saturated rings. The van der Waals surface area contributed by atoms with Crippen LogP contribution in [0.3, 0.4) is 0 Å². The fraction of sp³-hybridized carbons (Fsp3) is 0.250. The van der Waals surface area contributed by atoms with Gasteiger partial charge in [-0.25, -0.2) is 4.98 Å². The standard InChI is InChI=1S/C20H19N9O/c21-17(30)14-9-1-2-10(5-9)15(14)26-19-16-18(23-8-22-16)27-20(28-19)25-12-4-3-11-7-24-29-13(11)6-12/h1-4,6-10,14-15H,5H2,(H2,21,30)(H,24,29)(H3,22,23,25,26,27,28). The second-order valence-corrected chi connectivity index (χ2v) is 7.84. The van der Waals surface area contributed by atoms with E-state index in [1.54, 1.807) is 12.5 Å². The first-order valence-corrected chi connectivity index (χ1v) is 9.81. The molecule has 6 rings (SSSR count). The molecule has 10 nitrogen and oxygen atoms in total. The van der Waals surface area contributed by atoms with Crippen LogP contribution in [0.4, 0.5) is 17.5 Å². The van der Waals surface area contributed by atoms with Gasteiger partial charge in [-0.1, -0.05) is 12.2 Å². The number of carbonyl (C=O) groups excluding carboxylic acids is 1. The molecule has 1 saturated carbocycles. The topological polar surface area (TPSA) is 150 Å². The maximum absolute atomic E-state index is 12.1. The molecular weight excluding hydrogens is 382 g/mol. The van der Waals surface area contributed by atoms with Gasteiger partial charge in [-0.05, 0) is 36.5 Å². The summed E-state index contributed by atoms with van der Waals surface area (Å²) in [7, 11) is 0. The number of primary amides is 1. The molecule has 4 atom stereocenters. The zero-order chi connectivity index (χ0) is 20.2. The summed E-state index contributed by atoms with van der Waals surface area (Å²) in [6.07, 6.45) is 8.53. The Balaban J connectivity index is 1.35.